The zero-order valence-electron chi connectivity index (χ0n) is 18.8. The van der Waals surface area contributed by atoms with Crippen molar-refractivity contribution in [3.8, 4) is 5.75 Å². The highest BCUT2D eigenvalue weighted by Gasteiger charge is 2.25. The van der Waals surface area contributed by atoms with Gasteiger partial charge >= 0.3 is 0 Å². The van der Waals surface area contributed by atoms with Crippen molar-refractivity contribution in [3.63, 3.8) is 0 Å². The summed E-state index contributed by atoms with van der Waals surface area (Å²) in [5.74, 6) is 0.522. The number of nitrogens with one attached hydrogen (secondary N) is 1. The van der Waals surface area contributed by atoms with Crippen LogP contribution in [0.3, 0.4) is 0 Å². The second-order valence-electron chi connectivity index (χ2n) is 7.88. The highest BCUT2D eigenvalue weighted by atomic mass is 35.5. The maximum Gasteiger partial charge on any atom is 0.241 e. The SMILES string of the molecule is COc1cc(C)c(C(C)NC(=O)CN(c2cc(Cl)c(Cl)cc2Cl)S(C)(=O)=O)cc1C(C)C. The molecule has 1 amide bonds. The molecule has 0 bridgehead atoms. The Hall–Kier alpha value is -1.67. The number of carbonyl (C=O) groups is 1. The average molecular weight is 522 g/mol. The van der Waals surface area contributed by atoms with Crippen LogP contribution in [0.25, 0.3) is 0 Å². The molecule has 0 aliphatic carbocycles. The van der Waals surface area contributed by atoms with Gasteiger partial charge in [-0.2, -0.15) is 0 Å². The number of hydrogen-bond acceptors (Lipinski definition) is 4. The van der Waals surface area contributed by atoms with E-state index >= 15 is 0 Å². The number of benzene rings is 2. The van der Waals surface area contributed by atoms with E-state index in [-0.39, 0.29) is 32.7 Å². The van der Waals surface area contributed by atoms with Crippen molar-refractivity contribution in [1.82, 2.24) is 5.32 Å². The monoisotopic (exact) mass is 520 g/mol. The normalized spacial score (nSPS) is 12.6. The van der Waals surface area contributed by atoms with Crippen LogP contribution in [0, 0.1) is 6.92 Å². The maximum atomic E-state index is 12.8. The van der Waals surface area contributed by atoms with E-state index in [0.717, 1.165) is 33.0 Å². The summed E-state index contributed by atoms with van der Waals surface area (Å²) >= 11 is 18.2. The number of rotatable bonds is 8. The van der Waals surface area contributed by atoms with Crippen LogP contribution in [0.1, 0.15) is 49.4 Å². The van der Waals surface area contributed by atoms with Crippen LogP contribution in [0.2, 0.25) is 15.1 Å². The minimum atomic E-state index is -3.83. The molecular weight excluding hydrogens is 495 g/mol. The molecule has 0 fully saturated rings. The average Bonchev–Trinajstić information content (AvgIpc) is 2.67. The Bertz CT molecular complexity index is 1120. The van der Waals surface area contributed by atoms with E-state index < -0.39 is 22.5 Å². The molecule has 176 valence electrons. The molecule has 0 saturated carbocycles. The fraction of sp³-hybridized carbons (Fsp3) is 0.409. The highest BCUT2D eigenvalue weighted by Crippen LogP contribution is 2.36. The fourth-order valence-corrected chi connectivity index (χ4v) is 4.94. The lowest BCUT2D eigenvalue weighted by Gasteiger charge is -2.25. The van der Waals surface area contributed by atoms with Crippen molar-refractivity contribution < 1.29 is 17.9 Å². The summed E-state index contributed by atoms with van der Waals surface area (Å²) < 4.78 is 31.2. The molecule has 1 unspecified atom stereocenters. The van der Waals surface area contributed by atoms with Crippen LogP contribution >= 0.6 is 34.8 Å². The van der Waals surface area contributed by atoms with Crippen LogP contribution in [-0.4, -0.2) is 34.2 Å². The Morgan fingerprint density at radius 3 is 2.16 bits per heavy atom. The first-order valence-corrected chi connectivity index (χ1v) is 12.8. The Labute approximate surface area is 204 Å². The molecular formula is C22H27Cl3N2O4S. The van der Waals surface area contributed by atoms with Gasteiger partial charge in [-0.05, 0) is 60.7 Å². The summed E-state index contributed by atoms with van der Waals surface area (Å²) in [6.45, 7) is 7.43. The minimum Gasteiger partial charge on any atom is -0.496 e. The number of nitrogens with zero attached hydrogens (tertiary/aromatic N) is 1. The molecule has 1 atom stereocenters. The van der Waals surface area contributed by atoms with Gasteiger partial charge in [0, 0.05) is 0 Å². The third-order valence-electron chi connectivity index (χ3n) is 5.03. The molecule has 0 saturated heterocycles. The molecule has 32 heavy (non-hydrogen) atoms. The zero-order chi connectivity index (χ0) is 24.4. The lowest BCUT2D eigenvalue weighted by atomic mass is 9.93. The molecule has 0 aliphatic rings. The van der Waals surface area contributed by atoms with Crippen molar-refractivity contribution in [3.05, 3.63) is 56.0 Å². The van der Waals surface area contributed by atoms with Crippen molar-refractivity contribution >= 4 is 56.4 Å². The van der Waals surface area contributed by atoms with Gasteiger partial charge in [-0.15, -0.1) is 0 Å². The van der Waals surface area contributed by atoms with E-state index in [2.05, 4.69) is 19.2 Å². The van der Waals surface area contributed by atoms with E-state index in [1.165, 1.54) is 12.1 Å². The van der Waals surface area contributed by atoms with Gasteiger partial charge in [0.25, 0.3) is 0 Å². The van der Waals surface area contributed by atoms with Gasteiger partial charge in [-0.25, -0.2) is 8.42 Å². The van der Waals surface area contributed by atoms with E-state index in [1.54, 1.807) is 7.11 Å². The minimum absolute atomic E-state index is 0.0678. The lowest BCUT2D eigenvalue weighted by molar-refractivity contribution is -0.120. The summed E-state index contributed by atoms with van der Waals surface area (Å²) in [4.78, 5) is 12.8. The van der Waals surface area contributed by atoms with Crippen molar-refractivity contribution in [2.75, 3.05) is 24.2 Å². The van der Waals surface area contributed by atoms with Gasteiger partial charge in [0.2, 0.25) is 15.9 Å². The first kappa shape index (κ1) is 26.6. The van der Waals surface area contributed by atoms with Crippen LogP contribution < -0.4 is 14.4 Å². The molecule has 2 aromatic carbocycles. The molecule has 2 rings (SSSR count). The molecule has 0 aliphatic heterocycles. The number of sulfonamides is 1. The standard InChI is InChI=1S/C22H27Cl3N2O4S/c1-12(2)15-8-16(13(3)7-21(15)31-5)14(4)26-22(28)11-27(32(6,29)30)20-10-18(24)17(23)9-19(20)25/h7-10,12,14H,11H2,1-6H3,(H,26,28). The predicted molar refractivity (Wildman–Crippen MR) is 132 cm³/mol. The molecule has 0 heterocycles. The number of aryl methyl sites for hydroxylation is 1. The molecule has 6 nitrogen and oxygen atoms in total. The Kier molecular flexibility index (Phi) is 8.73. The second kappa shape index (κ2) is 10.5. The number of halogens is 3. The molecule has 10 heteroatoms. The highest BCUT2D eigenvalue weighted by molar-refractivity contribution is 7.92. The van der Waals surface area contributed by atoms with Crippen LogP contribution in [0.5, 0.6) is 5.75 Å². The van der Waals surface area contributed by atoms with E-state index in [9.17, 15) is 13.2 Å². The smallest absolute Gasteiger partial charge is 0.241 e. The van der Waals surface area contributed by atoms with Crippen LogP contribution in [0.15, 0.2) is 24.3 Å². The zero-order valence-corrected chi connectivity index (χ0v) is 21.9. The molecule has 2 aromatic rings. The van der Waals surface area contributed by atoms with Gasteiger partial charge in [0.1, 0.15) is 12.3 Å². The van der Waals surface area contributed by atoms with Crippen molar-refractivity contribution in [1.29, 1.82) is 0 Å². The number of amides is 1. The number of hydrogen-bond donors (Lipinski definition) is 1. The third-order valence-corrected chi connectivity index (χ3v) is 7.18. The van der Waals surface area contributed by atoms with Crippen molar-refractivity contribution in [2.45, 2.75) is 39.7 Å². The number of anilines is 1. The van der Waals surface area contributed by atoms with Gasteiger partial charge in [-0.1, -0.05) is 48.7 Å². The van der Waals surface area contributed by atoms with Gasteiger partial charge in [0.15, 0.2) is 0 Å². The molecule has 0 aromatic heterocycles. The summed E-state index contributed by atoms with van der Waals surface area (Å²) in [6.07, 6.45) is 0.991. The number of ether oxygens (including phenoxy) is 1. The van der Waals surface area contributed by atoms with E-state index in [0.29, 0.717) is 0 Å². The van der Waals surface area contributed by atoms with E-state index in [4.69, 9.17) is 39.5 Å². The second-order valence-corrected chi connectivity index (χ2v) is 11.0. The lowest BCUT2D eigenvalue weighted by Crippen LogP contribution is -2.41. The third kappa shape index (κ3) is 6.22. The van der Waals surface area contributed by atoms with Crippen molar-refractivity contribution in [2.24, 2.45) is 0 Å². The van der Waals surface area contributed by atoms with Gasteiger partial charge < -0.3 is 10.1 Å². The summed E-state index contributed by atoms with van der Waals surface area (Å²) in [5, 5.41) is 3.25. The Morgan fingerprint density at radius 1 is 1.03 bits per heavy atom. The molecule has 0 spiro atoms. The first-order valence-electron chi connectivity index (χ1n) is 9.86. The summed E-state index contributed by atoms with van der Waals surface area (Å²) in [6, 6.07) is 6.25. The number of methoxy groups -OCH3 is 1. The molecule has 1 N–H and O–H groups in total. The largest absolute Gasteiger partial charge is 0.496 e. The Morgan fingerprint density at radius 2 is 1.62 bits per heavy atom. The first-order chi connectivity index (χ1) is 14.8. The summed E-state index contributed by atoms with van der Waals surface area (Å²) in [5.41, 5.74) is 2.97. The fourth-order valence-electron chi connectivity index (χ4n) is 3.39. The predicted octanol–water partition coefficient (Wildman–Crippen LogP) is 5.73. The topological polar surface area (TPSA) is 75.7 Å². The van der Waals surface area contributed by atoms with Crippen LogP contribution in [-0.2, 0) is 14.8 Å². The Balaban J connectivity index is 2.32. The quantitative estimate of drug-likeness (QED) is 0.450. The van der Waals surface area contributed by atoms with Gasteiger partial charge in [0.05, 0.1) is 40.2 Å². The maximum absolute atomic E-state index is 12.8. The summed E-state index contributed by atoms with van der Waals surface area (Å²) in [7, 11) is -2.21. The van der Waals surface area contributed by atoms with E-state index in [1.807, 2.05) is 26.0 Å². The molecule has 0 radical (unpaired) electrons. The van der Waals surface area contributed by atoms with Gasteiger partial charge in [-0.3, -0.25) is 9.10 Å². The van der Waals surface area contributed by atoms with Crippen LogP contribution in [0.4, 0.5) is 5.69 Å². The number of carbonyl (C=O) groups excluding carboxylic acids is 1.